The maximum absolute atomic E-state index is 12.7. The van der Waals surface area contributed by atoms with Crippen molar-refractivity contribution in [3.8, 4) is 5.75 Å². The van der Waals surface area contributed by atoms with E-state index >= 15 is 0 Å². The lowest BCUT2D eigenvalue weighted by molar-refractivity contribution is -0.143. The van der Waals surface area contributed by atoms with E-state index in [1.165, 1.54) is 7.11 Å². The van der Waals surface area contributed by atoms with Crippen LogP contribution in [0, 0.1) is 5.92 Å². The van der Waals surface area contributed by atoms with Crippen LogP contribution in [0.15, 0.2) is 18.2 Å². The van der Waals surface area contributed by atoms with Gasteiger partial charge in [-0.05, 0) is 31.0 Å². The lowest BCUT2D eigenvalue weighted by atomic mass is 9.96. The molecule has 2 saturated heterocycles. The van der Waals surface area contributed by atoms with Gasteiger partial charge in [0.1, 0.15) is 5.75 Å². The number of ether oxygens (including phenoxy) is 1. The minimum Gasteiger partial charge on any atom is -0.495 e. The normalized spacial score (nSPS) is 18.2. The number of anilines is 1. The Hall–Kier alpha value is -2.77. The number of carboxylic acid groups (broad SMARTS) is 1. The van der Waals surface area contributed by atoms with Gasteiger partial charge in [-0.25, -0.2) is 4.79 Å². The van der Waals surface area contributed by atoms with Crippen molar-refractivity contribution in [2.75, 3.05) is 38.2 Å². The molecular weight excluding hydrogens is 326 g/mol. The molecule has 134 valence electrons. The fraction of sp³-hybridized carbons (Fsp3) is 0.471. The van der Waals surface area contributed by atoms with E-state index in [1.807, 2.05) is 0 Å². The quantitative estimate of drug-likeness (QED) is 0.851. The second kappa shape index (κ2) is 7.00. The van der Waals surface area contributed by atoms with Gasteiger partial charge in [0.05, 0.1) is 18.7 Å². The van der Waals surface area contributed by atoms with E-state index in [2.05, 4.69) is 5.32 Å². The summed E-state index contributed by atoms with van der Waals surface area (Å²) in [6, 6.07) is 4.79. The van der Waals surface area contributed by atoms with E-state index < -0.39 is 5.97 Å². The molecule has 8 heteroatoms. The van der Waals surface area contributed by atoms with Gasteiger partial charge in [-0.3, -0.25) is 14.5 Å². The number of urea groups is 1. The third kappa shape index (κ3) is 3.38. The number of likely N-dealkylation sites (tertiary alicyclic amines) is 1. The third-order valence-electron chi connectivity index (χ3n) is 4.70. The summed E-state index contributed by atoms with van der Waals surface area (Å²) in [6.45, 7) is 1.89. The molecule has 2 heterocycles. The minimum atomic E-state index is -0.807. The minimum absolute atomic E-state index is 0.160. The van der Waals surface area contributed by atoms with E-state index in [0.717, 1.165) is 0 Å². The Kier molecular flexibility index (Phi) is 4.78. The van der Waals surface area contributed by atoms with Gasteiger partial charge in [-0.15, -0.1) is 0 Å². The molecule has 3 rings (SSSR count). The van der Waals surface area contributed by atoms with Crippen molar-refractivity contribution in [1.29, 1.82) is 0 Å². The number of carbonyl (C=O) groups excluding carboxylic acids is 2. The Morgan fingerprint density at radius 3 is 2.52 bits per heavy atom. The second-order valence-electron chi connectivity index (χ2n) is 6.17. The second-order valence-corrected chi connectivity index (χ2v) is 6.17. The number of nitrogens with one attached hydrogen (secondary N) is 1. The molecule has 0 atom stereocenters. The molecule has 0 saturated carbocycles. The van der Waals surface area contributed by atoms with Gasteiger partial charge in [0.2, 0.25) is 0 Å². The number of rotatable bonds is 4. The predicted molar refractivity (Wildman–Crippen MR) is 90.0 cm³/mol. The zero-order chi connectivity index (χ0) is 18.0. The van der Waals surface area contributed by atoms with Gasteiger partial charge in [0.25, 0.3) is 5.91 Å². The van der Waals surface area contributed by atoms with Gasteiger partial charge in [0, 0.05) is 31.7 Å². The van der Waals surface area contributed by atoms with Crippen molar-refractivity contribution in [2.45, 2.75) is 12.8 Å². The summed E-state index contributed by atoms with van der Waals surface area (Å²) < 4.78 is 5.31. The number of aliphatic carboxylic acids is 1. The lowest BCUT2D eigenvalue weighted by Gasteiger charge is -2.30. The molecule has 25 heavy (non-hydrogen) atoms. The first-order valence-electron chi connectivity index (χ1n) is 8.26. The van der Waals surface area contributed by atoms with Gasteiger partial charge >= 0.3 is 12.0 Å². The highest BCUT2D eigenvalue weighted by Gasteiger charge is 2.29. The Bertz CT molecular complexity index is 698. The van der Waals surface area contributed by atoms with E-state index in [0.29, 0.717) is 56.0 Å². The maximum Gasteiger partial charge on any atom is 0.322 e. The summed E-state index contributed by atoms with van der Waals surface area (Å²) in [5.74, 6) is -0.826. The topological polar surface area (TPSA) is 99.2 Å². The van der Waals surface area contributed by atoms with Crippen molar-refractivity contribution in [2.24, 2.45) is 5.92 Å². The van der Waals surface area contributed by atoms with Crippen molar-refractivity contribution in [1.82, 2.24) is 10.2 Å². The lowest BCUT2D eigenvalue weighted by Crippen LogP contribution is -2.40. The highest BCUT2D eigenvalue weighted by Crippen LogP contribution is 2.31. The van der Waals surface area contributed by atoms with Crippen LogP contribution in [0.25, 0.3) is 0 Å². The van der Waals surface area contributed by atoms with Crippen LogP contribution in [0.3, 0.4) is 0 Å². The number of nitrogens with zero attached hydrogens (tertiary/aromatic N) is 2. The number of amides is 3. The smallest absolute Gasteiger partial charge is 0.322 e. The number of hydrogen-bond donors (Lipinski definition) is 2. The molecule has 0 bridgehead atoms. The first-order chi connectivity index (χ1) is 12.0. The van der Waals surface area contributed by atoms with Crippen LogP contribution in [0.2, 0.25) is 0 Å². The predicted octanol–water partition coefficient (Wildman–Crippen LogP) is 1.16. The number of hydrogen-bond acceptors (Lipinski definition) is 4. The van der Waals surface area contributed by atoms with Crippen LogP contribution in [0.4, 0.5) is 10.5 Å². The molecule has 2 aliphatic rings. The number of benzene rings is 1. The highest BCUT2D eigenvalue weighted by atomic mass is 16.5. The first kappa shape index (κ1) is 17.1. The van der Waals surface area contributed by atoms with Crippen LogP contribution in [-0.4, -0.2) is 61.2 Å². The van der Waals surface area contributed by atoms with Crippen molar-refractivity contribution >= 4 is 23.6 Å². The Balaban J connectivity index is 1.79. The van der Waals surface area contributed by atoms with Gasteiger partial charge in [-0.1, -0.05) is 0 Å². The van der Waals surface area contributed by atoms with Crippen LogP contribution in [0.5, 0.6) is 5.75 Å². The van der Waals surface area contributed by atoms with E-state index in [4.69, 9.17) is 9.84 Å². The molecule has 1 aromatic rings. The van der Waals surface area contributed by atoms with E-state index in [9.17, 15) is 14.4 Å². The summed E-state index contributed by atoms with van der Waals surface area (Å²) >= 11 is 0. The summed E-state index contributed by atoms with van der Waals surface area (Å²) in [7, 11) is 1.52. The molecule has 2 fully saturated rings. The molecule has 3 amide bonds. The summed E-state index contributed by atoms with van der Waals surface area (Å²) in [4.78, 5) is 38.9. The van der Waals surface area contributed by atoms with Crippen molar-refractivity contribution in [3.05, 3.63) is 23.8 Å². The van der Waals surface area contributed by atoms with Gasteiger partial charge in [0.15, 0.2) is 0 Å². The Labute approximate surface area is 145 Å². The molecule has 0 aliphatic carbocycles. The molecule has 0 aromatic heterocycles. The molecule has 0 radical (unpaired) electrons. The SMILES string of the molecule is COc1ccc(C(=O)N2CCC(C(=O)O)CC2)cc1N1CCNC1=O. The molecule has 2 aliphatic heterocycles. The molecule has 1 aromatic carbocycles. The fourth-order valence-corrected chi connectivity index (χ4v) is 3.25. The zero-order valence-electron chi connectivity index (χ0n) is 14.0. The van der Waals surface area contributed by atoms with Gasteiger partial charge < -0.3 is 20.1 Å². The Morgan fingerprint density at radius 1 is 1.24 bits per heavy atom. The molecule has 2 N–H and O–H groups in total. The first-order valence-corrected chi connectivity index (χ1v) is 8.26. The number of piperidine rings is 1. The monoisotopic (exact) mass is 347 g/mol. The van der Waals surface area contributed by atoms with Crippen LogP contribution in [0.1, 0.15) is 23.2 Å². The van der Waals surface area contributed by atoms with Crippen LogP contribution < -0.4 is 15.0 Å². The average molecular weight is 347 g/mol. The summed E-state index contributed by atoms with van der Waals surface area (Å²) in [5, 5.41) is 11.8. The highest BCUT2D eigenvalue weighted by molar-refractivity contribution is 6.00. The largest absolute Gasteiger partial charge is 0.495 e. The number of methoxy groups -OCH3 is 1. The van der Waals surface area contributed by atoms with Crippen LogP contribution in [-0.2, 0) is 4.79 Å². The number of carbonyl (C=O) groups is 3. The Morgan fingerprint density at radius 2 is 1.96 bits per heavy atom. The summed E-state index contributed by atoms with van der Waals surface area (Å²) in [6.07, 6.45) is 0.914. The van der Waals surface area contributed by atoms with Crippen molar-refractivity contribution in [3.63, 3.8) is 0 Å². The van der Waals surface area contributed by atoms with Gasteiger partial charge in [-0.2, -0.15) is 0 Å². The average Bonchev–Trinajstić information content (AvgIpc) is 3.06. The molecule has 0 unspecified atom stereocenters. The molecule has 0 spiro atoms. The van der Waals surface area contributed by atoms with Crippen molar-refractivity contribution < 1.29 is 24.2 Å². The standard InChI is InChI=1S/C17H21N3O5/c1-25-14-3-2-12(10-13(14)20-9-6-18-17(20)24)15(21)19-7-4-11(5-8-19)16(22)23/h2-3,10-11H,4-9H2,1H3,(H,18,24)(H,22,23). The van der Waals surface area contributed by atoms with Crippen LogP contribution >= 0.6 is 0 Å². The third-order valence-corrected chi connectivity index (χ3v) is 4.70. The molecule has 8 nitrogen and oxygen atoms in total. The summed E-state index contributed by atoms with van der Waals surface area (Å²) in [5.41, 5.74) is 1.02. The van der Waals surface area contributed by atoms with E-state index in [-0.39, 0.29) is 17.9 Å². The number of carboxylic acids is 1. The fourth-order valence-electron chi connectivity index (χ4n) is 3.25. The molecular formula is C17H21N3O5. The van der Waals surface area contributed by atoms with E-state index in [1.54, 1.807) is 28.0 Å². The zero-order valence-corrected chi connectivity index (χ0v) is 14.0. The maximum atomic E-state index is 12.7.